The summed E-state index contributed by atoms with van der Waals surface area (Å²) in [6.07, 6.45) is 38.1. The Labute approximate surface area is 475 Å². The molecule has 0 radical (unpaired) electrons. The molecule has 0 aliphatic carbocycles. The summed E-state index contributed by atoms with van der Waals surface area (Å²) in [6.45, 7) is 5.83. The summed E-state index contributed by atoms with van der Waals surface area (Å²) >= 11 is 0. The van der Waals surface area contributed by atoms with Gasteiger partial charge in [-0.3, -0.25) is 42.7 Å². The van der Waals surface area contributed by atoms with Gasteiger partial charge in [-0.05, 0) is 12.8 Å². The molecule has 0 saturated heterocycles. The third kappa shape index (κ3) is 49.1. The van der Waals surface area contributed by atoms with Crippen LogP contribution in [0.5, 0.6) is 0 Å². The van der Waals surface area contributed by atoms with Crippen LogP contribution in [0.3, 0.4) is 0 Å². The fourth-order valence-electron chi connectivity index (χ4n) is 8.70. The number of imide groups is 1. The van der Waals surface area contributed by atoms with Crippen molar-refractivity contribution in [1.82, 2.24) is 15.5 Å². The Kier molecular flexibility index (Phi) is 50.4. The lowest BCUT2D eigenvalue weighted by atomic mass is 10.0. The minimum absolute atomic E-state index is 0.0159. The number of hydrogen-bond donors (Lipinski definition) is 3. The number of esters is 2. The van der Waals surface area contributed by atoms with Gasteiger partial charge in [0.05, 0.1) is 66.1 Å². The molecule has 3 N–H and O–H groups in total. The van der Waals surface area contributed by atoms with Crippen LogP contribution in [0.15, 0.2) is 12.2 Å². The molecule has 20 heteroatoms. The first-order valence-electron chi connectivity index (χ1n) is 30.8. The molecular weight excluding hydrogens is 1040 g/mol. The highest BCUT2D eigenvalue weighted by atomic mass is 31.2. The molecule has 2 atom stereocenters. The number of hydrogen-bond acceptors (Lipinski definition) is 15. The van der Waals surface area contributed by atoms with Gasteiger partial charge in [-0.2, -0.15) is 0 Å². The van der Waals surface area contributed by atoms with Crippen LogP contribution >= 0.6 is 7.82 Å². The number of nitrogens with one attached hydrogen (secondary N) is 2. The molecule has 460 valence electrons. The minimum atomic E-state index is -4.63. The van der Waals surface area contributed by atoms with Gasteiger partial charge in [-0.15, -0.1) is 0 Å². The zero-order chi connectivity index (χ0) is 57.5. The number of carbonyl (C=O) groups is 6. The maximum atomic E-state index is 12.9. The molecule has 1 aliphatic rings. The fourth-order valence-corrected chi connectivity index (χ4v) is 9.45. The molecule has 1 heterocycles. The average molecular weight is 1150 g/mol. The van der Waals surface area contributed by atoms with E-state index in [1.165, 1.54) is 153 Å². The highest BCUT2D eigenvalue weighted by Gasteiger charge is 2.27. The van der Waals surface area contributed by atoms with Crippen molar-refractivity contribution in [2.75, 3.05) is 92.3 Å². The molecule has 0 aromatic heterocycles. The summed E-state index contributed by atoms with van der Waals surface area (Å²) in [6, 6.07) is 0. The fraction of sp³-hybridized carbons (Fsp3) is 0.864. The van der Waals surface area contributed by atoms with Crippen molar-refractivity contribution in [3.05, 3.63) is 12.2 Å². The number of nitrogens with zero attached hydrogens (tertiary/aromatic N) is 1. The summed E-state index contributed by atoms with van der Waals surface area (Å²) in [5.41, 5.74) is 0. The summed E-state index contributed by atoms with van der Waals surface area (Å²) in [5, 5.41) is 5.26. The topological polar surface area (TPSA) is 241 Å². The first kappa shape index (κ1) is 73.7. The van der Waals surface area contributed by atoms with Crippen LogP contribution in [-0.4, -0.2) is 144 Å². The van der Waals surface area contributed by atoms with E-state index in [4.69, 9.17) is 37.5 Å². The van der Waals surface area contributed by atoms with Crippen LogP contribution in [0.4, 0.5) is 0 Å². The Morgan fingerprint density at radius 2 is 0.823 bits per heavy atom. The molecule has 0 saturated carbocycles. The van der Waals surface area contributed by atoms with Crippen LogP contribution in [-0.2, 0) is 70.8 Å². The van der Waals surface area contributed by atoms with Gasteiger partial charge in [0.15, 0.2) is 6.10 Å². The number of phosphoric acid groups is 1. The van der Waals surface area contributed by atoms with E-state index in [2.05, 4.69) is 24.5 Å². The summed E-state index contributed by atoms with van der Waals surface area (Å²) in [7, 11) is -4.63. The second-order valence-electron chi connectivity index (χ2n) is 20.6. The smallest absolute Gasteiger partial charge is 0.462 e. The normalized spacial score (nSPS) is 13.5. The summed E-state index contributed by atoms with van der Waals surface area (Å²) in [4.78, 5) is 84.2. The van der Waals surface area contributed by atoms with E-state index in [-0.39, 0.29) is 90.2 Å². The number of rotatable bonds is 60. The Morgan fingerprint density at radius 3 is 1.27 bits per heavy atom. The van der Waals surface area contributed by atoms with Gasteiger partial charge in [-0.25, -0.2) is 4.57 Å². The van der Waals surface area contributed by atoms with Gasteiger partial charge in [-0.1, -0.05) is 194 Å². The molecule has 0 aromatic carbocycles. The number of unbranched alkanes of at least 4 members (excludes halogenated alkanes) is 28. The third-order valence-corrected chi connectivity index (χ3v) is 14.4. The van der Waals surface area contributed by atoms with E-state index in [9.17, 15) is 38.2 Å². The Bertz CT molecular complexity index is 1600. The number of carbonyl (C=O) groups excluding carboxylic acids is 6. The van der Waals surface area contributed by atoms with Crippen LogP contribution in [0.2, 0.25) is 0 Å². The van der Waals surface area contributed by atoms with Crippen LogP contribution < -0.4 is 10.6 Å². The molecule has 4 amide bonds. The first-order valence-corrected chi connectivity index (χ1v) is 32.3. The highest BCUT2D eigenvalue weighted by Crippen LogP contribution is 2.43. The SMILES string of the molecule is CCCCCCCCCCCCCCCCCCC(=O)O[C@H](COC(=O)CCCCCCCCCCCCCCCC)COP(=O)(O)OCCNC(=O)CCOCCOCCOCCOCCNC(=O)CCN1C(=O)C=CC1=O. The molecular formula is C59H108N3O16P. The molecule has 19 nitrogen and oxygen atoms in total. The van der Waals surface area contributed by atoms with Gasteiger partial charge >= 0.3 is 19.8 Å². The Morgan fingerprint density at radius 1 is 0.456 bits per heavy atom. The van der Waals surface area contributed by atoms with Crippen LogP contribution in [0.1, 0.15) is 232 Å². The lowest BCUT2D eigenvalue weighted by Crippen LogP contribution is -2.35. The molecule has 0 aromatic rings. The van der Waals surface area contributed by atoms with Gasteiger partial charge < -0.3 is 43.9 Å². The number of ether oxygens (including phenoxy) is 6. The molecule has 1 aliphatic heterocycles. The van der Waals surface area contributed by atoms with Crippen LogP contribution in [0, 0.1) is 0 Å². The summed E-state index contributed by atoms with van der Waals surface area (Å²) in [5.74, 6) is -2.41. The van der Waals surface area contributed by atoms with Crippen molar-refractivity contribution in [3.8, 4) is 0 Å². The van der Waals surface area contributed by atoms with E-state index < -0.39 is 44.3 Å². The molecule has 0 bridgehead atoms. The van der Waals surface area contributed by atoms with E-state index in [1.807, 2.05) is 0 Å². The van der Waals surface area contributed by atoms with Gasteiger partial charge in [0.25, 0.3) is 11.8 Å². The summed E-state index contributed by atoms with van der Waals surface area (Å²) < 4.78 is 55.8. The Hall–Kier alpha value is -3.29. The van der Waals surface area contributed by atoms with Gasteiger partial charge in [0.2, 0.25) is 11.8 Å². The largest absolute Gasteiger partial charge is 0.472 e. The second kappa shape index (κ2) is 54.0. The van der Waals surface area contributed by atoms with Crippen LogP contribution in [0.25, 0.3) is 0 Å². The molecule has 0 spiro atoms. The maximum absolute atomic E-state index is 12.9. The predicted molar refractivity (Wildman–Crippen MR) is 306 cm³/mol. The number of phosphoric ester groups is 1. The van der Waals surface area contributed by atoms with Crippen molar-refractivity contribution in [2.24, 2.45) is 0 Å². The number of amides is 4. The lowest BCUT2D eigenvalue weighted by Gasteiger charge is -2.20. The zero-order valence-electron chi connectivity index (χ0n) is 49.1. The van der Waals surface area contributed by atoms with Crippen molar-refractivity contribution in [1.29, 1.82) is 0 Å². The highest BCUT2D eigenvalue weighted by molar-refractivity contribution is 7.47. The molecule has 79 heavy (non-hydrogen) atoms. The molecule has 1 rings (SSSR count). The first-order chi connectivity index (χ1) is 38.5. The van der Waals surface area contributed by atoms with E-state index in [1.54, 1.807) is 0 Å². The minimum Gasteiger partial charge on any atom is -0.462 e. The average Bonchev–Trinajstić information content (AvgIpc) is 3.76. The second-order valence-corrected chi connectivity index (χ2v) is 22.1. The standard InChI is InChI=1S/C59H108N3O16P/c1-3-5-7-9-11-13-15-17-19-20-22-24-26-28-30-32-34-59(68)78-53(51-75-58(67)33-31-29-27-25-23-21-18-16-14-12-10-8-6-4-2)52-77-79(69,70)76-44-40-61-55(64)38-42-71-45-47-73-49-50-74-48-46-72-43-39-60-54(63)37-41-62-56(65)35-36-57(62)66/h35-36,53H,3-34,37-52H2,1-2H3,(H,60,63)(H,61,64)(H,69,70)/t53-/m1/s1. The van der Waals surface area contributed by atoms with Crippen molar-refractivity contribution in [3.63, 3.8) is 0 Å². The quantitative estimate of drug-likeness (QED) is 0.0222. The van der Waals surface area contributed by atoms with Gasteiger partial charge in [0, 0.05) is 57.5 Å². The van der Waals surface area contributed by atoms with Crippen molar-refractivity contribution < 1.29 is 75.7 Å². The van der Waals surface area contributed by atoms with Gasteiger partial charge in [0.1, 0.15) is 6.61 Å². The monoisotopic (exact) mass is 1150 g/mol. The lowest BCUT2D eigenvalue weighted by molar-refractivity contribution is -0.161. The van der Waals surface area contributed by atoms with Crippen molar-refractivity contribution in [2.45, 2.75) is 238 Å². The van der Waals surface area contributed by atoms with Crippen molar-refractivity contribution >= 4 is 43.4 Å². The van der Waals surface area contributed by atoms with E-state index in [0.29, 0.717) is 45.9 Å². The van der Waals surface area contributed by atoms with E-state index >= 15 is 0 Å². The Balaban J connectivity index is 2.24. The zero-order valence-corrected chi connectivity index (χ0v) is 50.0. The van der Waals surface area contributed by atoms with E-state index in [0.717, 1.165) is 43.4 Å². The maximum Gasteiger partial charge on any atom is 0.472 e. The third-order valence-electron chi connectivity index (χ3n) is 13.4. The molecule has 1 unspecified atom stereocenters. The molecule has 0 fully saturated rings. The predicted octanol–water partition coefficient (Wildman–Crippen LogP) is 11.1.